The Morgan fingerprint density at radius 3 is 2.68 bits per heavy atom. The number of nitrogens with one attached hydrogen (secondary N) is 2. The highest BCUT2D eigenvalue weighted by Gasteiger charge is 2.29. The summed E-state index contributed by atoms with van der Waals surface area (Å²) in [4.78, 5) is 20.9. The topological polar surface area (TPSA) is 101 Å². The molecule has 1 aromatic carbocycles. The van der Waals surface area contributed by atoms with E-state index in [4.69, 9.17) is 0 Å². The number of hydrogen-bond acceptors (Lipinski definition) is 6. The first-order chi connectivity index (χ1) is 11.8. The minimum atomic E-state index is -3.04. The third-order valence-corrected chi connectivity index (χ3v) is 5.70. The first-order valence-corrected chi connectivity index (χ1v) is 9.83. The maximum Gasteiger partial charge on any atom is 0.270 e. The molecule has 2 aromatic rings. The highest BCUT2D eigenvalue weighted by molar-refractivity contribution is 7.91. The Labute approximate surface area is 146 Å². The fourth-order valence-electron chi connectivity index (χ4n) is 2.79. The van der Waals surface area contributed by atoms with Crippen LogP contribution in [-0.2, 0) is 9.84 Å². The maximum absolute atomic E-state index is 12.4. The zero-order valence-electron chi connectivity index (χ0n) is 14.1. The van der Waals surface area contributed by atoms with Crippen LogP contribution in [0.2, 0.25) is 0 Å². The van der Waals surface area contributed by atoms with Crippen LogP contribution in [0.15, 0.2) is 30.3 Å². The summed E-state index contributed by atoms with van der Waals surface area (Å²) in [6.07, 6.45) is 0.437. The number of carbonyl (C=O) groups excluding carboxylic acids is 1. The lowest BCUT2D eigenvalue weighted by Crippen LogP contribution is -2.36. The average Bonchev–Trinajstić information content (AvgIpc) is 2.85. The molecule has 1 aromatic heterocycles. The summed E-state index contributed by atoms with van der Waals surface area (Å²) < 4.78 is 23.0. The number of sulfone groups is 1. The lowest BCUT2D eigenvalue weighted by Gasteiger charge is -2.12. The van der Waals surface area contributed by atoms with Gasteiger partial charge in [-0.2, -0.15) is 0 Å². The van der Waals surface area contributed by atoms with Crippen molar-refractivity contribution >= 4 is 27.2 Å². The molecule has 0 spiro atoms. The Morgan fingerprint density at radius 2 is 2.00 bits per heavy atom. The van der Waals surface area contributed by atoms with Gasteiger partial charge in [0.05, 0.1) is 11.5 Å². The molecule has 1 aliphatic heterocycles. The van der Waals surface area contributed by atoms with Gasteiger partial charge >= 0.3 is 0 Å². The minimum Gasteiger partial charge on any atom is -0.347 e. The third-order valence-electron chi connectivity index (χ3n) is 3.93. The Kier molecular flexibility index (Phi) is 4.71. The van der Waals surface area contributed by atoms with Gasteiger partial charge < -0.3 is 10.6 Å². The summed E-state index contributed by atoms with van der Waals surface area (Å²) in [7, 11) is -3.04. The summed E-state index contributed by atoms with van der Waals surface area (Å²) >= 11 is 0. The van der Waals surface area contributed by atoms with Crippen molar-refractivity contribution in [1.29, 1.82) is 0 Å². The van der Waals surface area contributed by atoms with Gasteiger partial charge in [0.25, 0.3) is 5.91 Å². The quantitative estimate of drug-likeness (QED) is 0.861. The van der Waals surface area contributed by atoms with E-state index in [2.05, 4.69) is 20.6 Å². The molecule has 1 unspecified atom stereocenters. The van der Waals surface area contributed by atoms with Crippen LogP contribution in [0.3, 0.4) is 0 Å². The maximum atomic E-state index is 12.4. The summed E-state index contributed by atoms with van der Waals surface area (Å²) in [5, 5.41) is 5.90. The van der Waals surface area contributed by atoms with Crippen molar-refractivity contribution in [2.24, 2.45) is 0 Å². The number of amides is 1. The molecule has 7 nitrogen and oxygen atoms in total. The van der Waals surface area contributed by atoms with Crippen molar-refractivity contribution in [2.45, 2.75) is 26.3 Å². The van der Waals surface area contributed by atoms with Gasteiger partial charge in [0.2, 0.25) is 0 Å². The lowest BCUT2D eigenvalue weighted by atomic mass is 10.2. The van der Waals surface area contributed by atoms with Gasteiger partial charge in [-0.1, -0.05) is 12.1 Å². The molecule has 0 saturated carbocycles. The largest absolute Gasteiger partial charge is 0.347 e. The van der Waals surface area contributed by atoms with Crippen molar-refractivity contribution in [3.05, 3.63) is 47.4 Å². The molecule has 2 N–H and O–H groups in total. The molecule has 132 valence electrons. The van der Waals surface area contributed by atoms with Gasteiger partial charge in [-0.05, 0) is 38.0 Å². The molecule has 0 aliphatic carbocycles. The Morgan fingerprint density at radius 1 is 1.20 bits per heavy atom. The average molecular weight is 360 g/mol. The number of benzene rings is 1. The van der Waals surface area contributed by atoms with Crippen molar-refractivity contribution < 1.29 is 13.2 Å². The van der Waals surface area contributed by atoms with E-state index in [-0.39, 0.29) is 29.1 Å². The highest BCUT2D eigenvalue weighted by atomic mass is 32.2. The van der Waals surface area contributed by atoms with Crippen LogP contribution in [0, 0.1) is 13.8 Å². The van der Waals surface area contributed by atoms with Crippen LogP contribution in [0.25, 0.3) is 0 Å². The minimum absolute atomic E-state index is 0.0167. The Balaban J connectivity index is 1.76. The zero-order chi connectivity index (χ0) is 18.0. The molecule has 25 heavy (non-hydrogen) atoms. The van der Waals surface area contributed by atoms with E-state index >= 15 is 0 Å². The second kappa shape index (κ2) is 6.79. The predicted octanol–water partition coefficient (Wildman–Crippen LogP) is 1.75. The smallest absolute Gasteiger partial charge is 0.270 e. The van der Waals surface area contributed by atoms with Gasteiger partial charge in [-0.15, -0.1) is 0 Å². The van der Waals surface area contributed by atoms with E-state index < -0.39 is 9.84 Å². The summed E-state index contributed by atoms with van der Waals surface area (Å²) in [6.45, 7) is 3.70. The number of hydrogen-bond donors (Lipinski definition) is 2. The van der Waals surface area contributed by atoms with Crippen molar-refractivity contribution in [3.63, 3.8) is 0 Å². The molecule has 0 bridgehead atoms. The summed E-state index contributed by atoms with van der Waals surface area (Å²) in [5.74, 6) is 0.682. The monoisotopic (exact) mass is 360 g/mol. The SMILES string of the molecule is Cc1cccc(Nc2cc(C(=O)NC3CCS(=O)(=O)C3)nc(C)n2)c1. The van der Waals surface area contributed by atoms with Gasteiger partial charge in [0.15, 0.2) is 9.84 Å². The molecule has 1 fully saturated rings. The van der Waals surface area contributed by atoms with Crippen LogP contribution in [0.4, 0.5) is 11.5 Å². The van der Waals surface area contributed by atoms with Crippen LogP contribution < -0.4 is 10.6 Å². The van der Waals surface area contributed by atoms with Crippen molar-refractivity contribution in [2.75, 3.05) is 16.8 Å². The number of rotatable bonds is 4. The summed E-state index contributed by atoms with van der Waals surface area (Å²) in [6, 6.07) is 9.01. The normalized spacial score (nSPS) is 18.7. The van der Waals surface area contributed by atoms with Gasteiger partial charge in [0, 0.05) is 17.8 Å². The second-order valence-corrected chi connectivity index (χ2v) is 8.48. The fourth-order valence-corrected chi connectivity index (χ4v) is 4.46. The van der Waals surface area contributed by atoms with Gasteiger partial charge in [-0.25, -0.2) is 18.4 Å². The molecular formula is C17H20N4O3S. The standard InChI is InChI=1S/C17H20N4O3S/c1-11-4-3-5-13(8-11)20-16-9-15(18-12(2)19-16)17(22)21-14-6-7-25(23,24)10-14/h3-5,8-9,14H,6-7,10H2,1-2H3,(H,21,22)(H,18,19,20). The van der Waals surface area contributed by atoms with Crippen molar-refractivity contribution in [1.82, 2.24) is 15.3 Å². The highest BCUT2D eigenvalue weighted by Crippen LogP contribution is 2.17. The Bertz CT molecular complexity index is 912. The Hall–Kier alpha value is -2.48. The number of nitrogens with zero attached hydrogens (tertiary/aromatic N) is 2. The van der Waals surface area contributed by atoms with Crippen LogP contribution >= 0.6 is 0 Å². The fraction of sp³-hybridized carbons (Fsp3) is 0.353. The van der Waals surface area contributed by atoms with E-state index in [1.165, 1.54) is 0 Å². The van der Waals surface area contributed by atoms with E-state index in [0.29, 0.717) is 18.1 Å². The molecule has 0 radical (unpaired) electrons. The number of aryl methyl sites for hydroxylation is 2. The zero-order valence-corrected chi connectivity index (χ0v) is 14.9. The number of anilines is 2. The third kappa shape index (κ3) is 4.54. The number of aromatic nitrogens is 2. The van der Waals surface area contributed by atoms with Crippen LogP contribution in [0.1, 0.15) is 28.3 Å². The molecule has 1 amide bonds. The van der Waals surface area contributed by atoms with E-state index in [9.17, 15) is 13.2 Å². The van der Waals surface area contributed by atoms with Gasteiger partial charge in [0.1, 0.15) is 17.3 Å². The van der Waals surface area contributed by atoms with E-state index in [0.717, 1.165) is 11.3 Å². The molecule has 1 atom stereocenters. The molecule has 3 rings (SSSR count). The molecule has 8 heteroatoms. The predicted molar refractivity (Wildman–Crippen MR) is 95.8 cm³/mol. The van der Waals surface area contributed by atoms with Gasteiger partial charge in [-0.3, -0.25) is 4.79 Å². The summed E-state index contributed by atoms with van der Waals surface area (Å²) in [5.41, 5.74) is 2.19. The first-order valence-electron chi connectivity index (χ1n) is 8.01. The van der Waals surface area contributed by atoms with E-state index in [1.807, 2.05) is 31.2 Å². The van der Waals surface area contributed by atoms with Crippen LogP contribution in [-0.4, -0.2) is 41.8 Å². The van der Waals surface area contributed by atoms with Crippen molar-refractivity contribution in [3.8, 4) is 0 Å². The molecule has 1 aliphatic rings. The molecule has 2 heterocycles. The van der Waals surface area contributed by atoms with E-state index in [1.54, 1.807) is 13.0 Å². The first kappa shape index (κ1) is 17.3. The second-order valence-electron chi connectivity index (χ2n) is 6.25. The molecule has 1 saturated heterocycles. The van der Waals surface area contributed by atoms with Crippen LogP contribution in [0.5, 0.6) is 0 Å². The number of carbonyl (C=O) groups is 1. The lowest BCUT2D eigenvalue weighted by molar-refractivity contribution is 0.0935. The molecular weight excluding hydrogens is 340 g/mol.